The van der Waals surface area contributed by atoms with Crippen molar-refractivity contribution in [3.63, 3.8) is 0 Å². The summed E-state index contributed by atoms with van der Waals surface area (Å²) in [7, 11) is 0. The summed E-state index contributed by atoms with van der Waals surface area (Å²) in [5, 5.41) is 3.50. The number of carbonyl (C=O) groups is 1. The third-order valence-electron chi connectivity index (χ3n) is 7.21. The minimum Gasteiger partial charge on any atom is -0.376 e. The van der Waals surface area contributed by atoms with E-state index in [0.29, 0.717) is 24.9 Å². The summed E-state index contributed by atoms with van der Waals surface area (Å²) in [6, 6.07) is 8.52. The molecule has 2 saturated heterocycles. The maximum atomic E-state index is 12.5. The van der Waals surface area contributed by atoms with E-state index in [2.05, 4.69) is 46.0 Å². The number of fused-ring (bicyclic) bond motifs is 1. The molecule has 9 nitrogen and oxygen atoms in total. The summed E-state index contributed by atoms with van der Waals surface area (Å²) >= 11 is 0. The zero-order chi connectivity index (χ0) is 23.8. The molecule has 35 heavy (non-hydrogen) atoms. The molecule has 1 amide bonds. The lowest BCUT2D eigenvalue weighted by molar-refractivity contribution is -0.132. The second kappa shape index (κ2) is 9.45. The van der Waals surface area contributed by atoms with Gasteiger partial charge in [-0.05, 0) is 38.2 Å². The van der Waals surface area contributed by atoms with Gasteiger partial charge in [-0.2, -0.15) is 9.97 Å². The maximum Gasteiger partial charge on any atom is 0.229 e. The second-order valence-electron chi connectivity index (χ2n) is 10.0. The molecule has 1 aliphatic carbocycles. The lowest BCUT2D eigenvalue weighted by Crippen LogP contribution is -2.49. The Bertz CT molecular complexity index is 1210. The van der Waals surface area contributed by atoms with Gasteiger partial charge in [0, 0.05) is 45.2 Å². The number of hydrogen-bond acceptors (Lipinski definition) is 7. The molecule has 1 aromatic carbocycles. The molecule has 6 rings (SSSR count). The average molecular weight is 476 g/mol. The van der Waals surface area contributed by atoms with Gasteiger partial charge in [-0.15, -0.1) is 0 Å². The number of amides is 1. The Morgan fingerprint density at radius 1 is 1.14 bits per heavy atom. The van der Waals surface area contributed by atoms with Crippen molar-refractivity contribution in [1.82, 2.24) is 24.4 Å². The summed E-state index contributed by atoms with van der Waals surface area (Å²) in [5.74, 6) is 2.02. The summed E-state index contributed by atoms with van der Waals surface area (Å²) in [5.41, 5.74) is 4.05. The maximum absolute atomic E-state index is 12.5. The van der Waals surface area contributed by atoms with Gasteiger partial charge >= 0.3 is 0 Å². The summed E-state index contributed by atoms with van der Waals surface area (Å²) in [6.45, 7) is 7.25. The molecule has 0 spiro atoms. The van der Waals surface area contributed by atoms with E-state index in [0.717, 1.165) is 75.5 Å². The van der Waals surface area contributed by atoms with Crippen LogP contribution in [0.1, 0.15) is 36.8 Å². The van der Waals surface area contributed by atoms with E-state index in [9.17, 15) is 4.79 Å². The largest absolute Gasteiger partial charge is 0.376 e. The van der Waals surface area contributed by atoms with E-state index < -0.39 is 0 Å². The van der Waals surface area contributed by atoms with Gasteiger partial charge in [-0.25, -0.2) is 4.98 Å². The SMILES string of the molecule is Cc1cccc(Cn2cnc3c(NCC4CCCO4)nc(N4CCN(C(=O)C5CC5)CC4)nc32)c1. The molecule has 1 unspecified atom stereocenters. The van der Waals surface area contributed by atoms with Gasteiger partial charge in [0.25, 0.3) is 0 Å². The number of nitrogens with zero attached hydrogens (tertiary/aromatic N) is 6. The summed E-state index contributed by atoms with van der Waals surface area (Å²) in [4.78, 5) is 31.3. The number of hydrogen-bond donors (Lipinski definition) is 1. The van der Waals surface area contributed by atoms with E-state index in [-0.39, 0.29) is 12.0 Å². The second-order valence-corrected chi connectivity index (χ2v) is 10.0. The number of benzene rings is 1. The number of imidazole rings is 1. The fourth-order valence-electron chi connectivity index (χ4n) is 5.05. The Balaban J connectivity index is 1.27. The highest BCUT2D eigenvalue weighted by Gasteiger charge is 2.35. The van der Waals surface area contributed by atoms with Crippen molar-refractivity contribution in [2.45, 2.75) is 45.3 Å². The quantitative estimate of drug-likeness (QED) is 0.562. The molecule has 1 saturated carbocycles. The standard InChI is InChI=1S/C26H33N7O2/c1-18-4-2-5-19(14-18)16-33-17-28-22-23(27-15-21-6-3-13-35-21)29-26(30-24(22)33)32-11-9-31(10-12-32)25(34)20-7-8-20/h2,4-5,14,17,20-21H,3,6-13,15-16H2,1H3,(H,27,29,30). The molecule has 2 aliphatic heterocycles. The van der Waals surface area contributed by atoms with E-state index >= 15 is 0 Å². The lowest BCUT2D eigenvalue weighted by atomic mass is 10.1. The fraction of sp³-hybridized carbons (Fsp3) is 0.538. The Morgan fingerprint density at radius 2 is 2.00 bits per heavy atom. The summed E-state index contributed by atoms with van der Waals surface area (Å²) in [6.07, 6.45) is 6.32. The van der Waals surface area contributed by atoms with Crippen LogP contribution >= 0.6 is 0 Å². The molecule has 3 aliphatic rings. The number of aromatic nitrogens is 4. The van der Waals surface area contributed by atoms with Crippen LogP contribution in [0, 0.1) is 12.8 Å². The highest BCUT2D eigenvalue weighted by Crippen LogP contribution is 2.31. The first-order valence-electron chi connectivity index (χ1n) is 12.8. The topological polar surface area (TPSA) is 88.4 Å². The zero-order valence-corrected chi connectivity index (χ0v) is 20.3. The first-order chi connectivity index (χ1) is 17.1. The molecular weight excluding hydrogens is 442 g/mol. The van der Waals surface area contributed by atoms with E-state index in [1.165, 1.54) is 11.1 Å². The third-order valence-corrected chi connectivity index (χ3v) is 7.21. The number of rotatable bonds is 7. The first kappa shape index (κ1) is 22.3. The summed E-state index contributed by atoms with van der Waals surface area (Å²) < 4.78 is 7.90. The number of anilines is 2. The number of carbonyl (C=O) groups excluding carboxylic acids is 1. The zero-order valence-electron chi connectivity index (χ0n) is 20.3. The van der Waals surface area contributed by atoms with Crippen molar-refractivity contribution < 1.29 is 9.53 Å². The van der Waals surface area contributed by atoms with E-state index in [4.69, 9.17) is 19.7 Å². The van der Waals surface area contributed by atoms with Crippen LogP contribution in [0.2, 0.25) is 0 Å². The number of aryl methyl sites for hydroxylation is 1. The van der Waals surface area contributed by atoms with E-state index in [1.807, 2.05) is 11.2 Å². The Hall–Kier alpha value is -3.20. The molecule has 2 aromatic heterocycles. The Morgan fingerprint density at radius 3 is 2.74 bits per heavy atom. The van der Waals surface area contributed by atoms with Crippen LogP contribution in [-0.2, 0) is 16.1 Å². The molecule has 1 N–H and O–H groups in total. The molecule has 9 heteroatoms. The number of nitrogens with one attached hydrogen (secondary N) is 1. The molecule has 184 valence electrons. The smallest absolute Gasteiger partial charge is 0.229 e. The van der Waals surface area contributed by atoms with Crippen LogP contribution in [0.4, 0.5) is 11.8 Å². The molecule has 0 radical (unpaired) electrons. The van der Waals surface area contributed by atoms with Crippen LogP contribution in [0.5, 0.6) is 0 Å². The van der Waals surface area contributed by atoms with Crippen molar-refractivity contribution in [3.8, 4) is 0 Å². The van der Waals surface area contributed by atoms with Crippen molar-refractivity contribution in [1.29, 1.82) is 0 Å². The average Bonchev–Trinajstić information content (AvgIpc) is 3.45. The monoisotopic (exact) mass is 475 g/mol. The highest BCUT2D eigenvalue weighted by molar-refractivity contribution is 5.84. The first-order valence-corrected chi connectivity index (χ1v) is 12.8. The Kier molecular flexibility index (Phi) is 6.01. The van der Waals surface area contributed by atoms with Crippen LogP contribution in [0.15, 0.2) is 30.6 Å². The molecule has 0 bridgehead atoms. The van der Waals surface area contributed by atoms with Gasteiger partial charge in [0.05, 0.1) is 19.0 Å². The van der Waals surface area contributed by atoms with Crippen molar-refractivity contribution in [2.75, 3.05) is 49.5 Å². The predicted octanol–water partition coefficient (Wildman–Crippen LogP) is 2.83. The van der Waals surface area contributed by atoms with Crippen LogP contribution in [0.3, 0.4) is 0 Å². The van der Waals surface area contributed by atoms with Crippen molar-refractivity contribution >= 4 is 28.8 Å². The molecular formula is C26H33N7O2. The fourth-order valence-corrected chi connectivity index (χ4v) is 5.05. The van der Waals surface area contributed by atoms with Gasteiger partial charge in [0.1, 0.15) is 0 Å². The van der Waals surface area contributed by atoms with Gasteiger partial charge < -0.3 is 24.4 Å². The third kappa shape index (κ3) is 4.82. The lowest BCUT2D eigenvalue weighted by Gasteiger charge is -2.35. The predicted molar refractivity (Wildman–Crippen MR) is 135 cm³/mol. The Labute approximate surface area is 205 Å². The molecule has 4 heterocycles. The molecule has 3 aromatic rings. The molecule has 1 atom stereocenters. The van der Waals surface area contributed by atoms with Gasteiger partial charge in [-0.3, -0.25) is 4.79 Å². The number of piperazine rings is 1. The van der Waals surface area contributed by atoms with Crippen LogP contribution in [-0.4, -0.2) is 75.8 Å². The van der Waals surface area contributed by atoms with E-state index in [1.54, 1.807) is 0 Å². The minimum absolute atomic E-state index is 0.204. The van der Waals surface area contributed by atoms with Crippen LogP contribution in [0.25, 0.3) is 11.2 Å². The number of ether oxygens (including phenoxy) is 1. The van der Waals surface area contributed by atoms with Crippen molar-refractivity contribution in [3.05, 3.63) is 41.7 Å². The molecule has 3 fully saturated rings. The normalized spacial score (nSPS) is 20.5. The minimum atomic E-state index is 0.204. The highest BCUT2D eigenvalue weighted by atomic mass is 16.5. The van der Waals surface area contributed by atoms with Gasteiger partial charge in [0.15, 0.2) is 17.0 Å². The van der Waals surface area contributed by atoms with Crippen LogP contribution < -0.4 is 10.2 Å². The van der Waals surface area contributed by atoms with Crippen molar-refractivity contribution in [2.24, 2.45) is 5.92 Å². The van der Waals surface area contributed by atoms with Gasteiger partial charge in [-0.1, -0.05) is 29.8 Å². The van der Waals surface area contributed by atoms with Gasteiger partial charge in [0.2, 0.25) is 11.9 Å².